The van der Waals surface area contributed by atoms with Gasteiger partial charge in [0.15, 0.2) is 0 Å². The number of hydrogen-bond acceptors (Lipinski definition) is 2. The summed E-state index contributed by atoms with van der Waals surface area (Å²) >= 11 is 0. The molecule has 4 heterocycles. The van der Waals surface area contributed by atoms with Crippen molar-refractivity contribution in [2.45, 2.75) is 44.4 Å². The number of aromatic nitrogens is 1. The van der Waals surface area contributed by atoms with E-state index in [9.17, 15) is 0 Å². The summed E-state index contributed by atoms with van der Waals surface area (Å²) in [5.74, 6) is 3.24. The van der Waals surface area contributed by atoms with Gasteiger partial charge in [-0.2, -0.15) is 0 Å². The van der Waals surface area contributed by atoms with Gasteiger partial charge in [-0.25, -0.2) is 0 Å². The van der Waals surface area contributed by atoms with E-state index in [0.29, 0.717) is 11.8 Å². The van der Waals surface area contributed by atoms with Crippen LogP contribution < -0.4 is 26.2 Å². The first-order valence-electron chi connectivity index (χ1n) is 21.3. The van der Waals surface area contributed by atoms with Gasteiger partial charge in [0, 0.05) is 50.3 Å². The molecule has 272 valence electrons. The summed E-state index contributed by atoms with van der Waals surface area (Å²) in [6, 6.07) is 58.3. The highest BCUT2D eigenvalue weighted by atomic mass is 15.2. The van der Waals surface area contributed by atoms with E-state index in [1.165, 1.54) is 116 Å². The molecular formula is C53H42BN3. The van der Waals surface area contributed by atoms with Crippen LogP contribution in [0, 0.1) is 30.6 Å². The van der Waals surface area contributed by atoms with Crippen molar-refractivity contribution in [3.05, 3.63) is 168 Å². The maximum Gasteiger partial charge on any atom is 0.252 e. The van der Waals surface area contributed by atoms with Gasteiger partial charge in [-0.1, -0.05) is 103 Å². The Labute approximate surface area is 334 Å². The minimum atomic E-state index is 0.0754. The number of aryl methyl sites for hydroxylation is 1. The highest BCUT2D eigenvalue weighted by molar-refractivity contribution is 7.00. The van der Waals surface area contributed by atoms with Crippen molar-refractivity contribution in [1.82, 2.24) is 4.57 Å². The molecule has 3 aliphatic heterocycles. The molecule has 57 heavy (non-hydrogen) atoms. The molecular weight excluding hydrogens is 689 g/mol. The van der Waals surface area contributed by atoms with E-state index < -0.39 is 0 Å². The number of anilines is 6. The molecule has 1 spiro atoms. The SMILES string of the molecule is Cc1ccccc1N1c2cc(-n3c4ccccc4c4ccccc43)ccc2B2c3cccc4c3N(c3ccccc3C43C4CC5CC(C4)CC3C5)c3cccc1c32. The van der Waals surface area contributed by atoms with Gasteiger partial charge in [0.2, 0.25) is 0 Å². The number of nitrogens with zero attached hydrogens (tertiary/aromatic N) is 3. The lowest BCUT2D eigenvalue weighted by atomic mass is 9.32. The van der Waals surface area contributed by atoms with Crippen molar-refractivity contribution >= 4 is 79.0 Å². The standard InChI is InChI=1S/C53H42BN3/c1-32-12-2-6-18-44(32)56-48-22-11-23-49-51(48)54(42-25-24-37(31-50(42)56)55-45-19-7-3-13-38(45)39-14-4-8-20-46(39)55)43-17-10-16-41-52(43)57(49)47-21-9-5-15-40(47)53(41)35-27-33-26-34(29-35)30-36(53)28-33/h2-25,31,33-36H,26-30H2,1H3. The lowest BCUT2D eigenvalue weighted by Crippen LogP contribution is -2.64. The molecule has 4 bridgehead atoms. The number of fused-ring (bicyclic) bond motifs is 9. The smallest absolute Gasteiger partial charge is 0.252 e. The van der Waals surface area contributed by atoms with Crippen LogP contribution in [0.3, 0.4) is 0 Å². The van der Waals surface area contributed by atoms with Crippen LogP contribution in [0.1, 0.15) is 48.8 Å². The lowest BCUT2D eigenvalue weighted by molar-refractivity contribution is -0.0419. The summed E-state index contributed by atoms with van der Waals surface area (Å²) in [4.78, 5) is 5.29. The van der Waals surface area contributed by atoms with Gasteiger partial charge in [-0.3, -0.25) is 0 Å². The van der Waals surface area contributed by atoms with Crippen molar-refractivity contribution in [2.24, 2.45) is 23.7 Å². The summed E-state index contributed by atoms with van der Waals surface area (Å²) < 4.78 is 2.48. The Morgan fingerprint density at radius 3 is 1.82 bits per heavy atom. The second-order valence-corrected chi connectivity index (χ2v) is 18.1. The fourth-order valence-electron chi connectivity index (χ4n) is 13.9. The molecule has 0 saturated heterocycles. The molecule has 0 atom stereocenters. The minimum Gasteiger partial charge on any atom is -0.311 e. The molecule has 0 radical (unpaired) electrons. The molecule has 4 fully saturated rings. The van der Waals surface area contributed by atoms with Crippen LogP contribution in [0.5, 0.6) is 0 Å². The average Bonchev–Trinajstić information content (AvgIpc) is 3.58. The van der Waals surface area contributed by atoms with Crippen LogP contribution in [0.2, 0.25) is 0 Å². The van der Waals surface area contributed by atoms with Gasteiger partial charge in [0.1, 0.15) is 0 Å². The molecule has 0 amide bonds. The molecule has 8 aromatic rings. The zero-order valence-corrected chi connectivity index (χ0v) is 32.2. The zero-order chi connectivity index (χ0) is 37.1. The molecule has 4 heteroatoms. The molecule has 4 saturated carbocycles. The zero-order valence-electron chi connectivity index (χ0n) is 32.2. The Morgan fingerprint density at radius 2 is 1.09 bits per heavy atom. The van der Waals surface area contributed by atoms with Crippen molar-refractivity contribution in [2.75, 3.05) is 9.80 Å². The van der Waals surface area contributed by atoms with Crippen LogP contribution in [0.4, 0.5) is 34.1 Å². The molecule has 4 aliphatic carbocycles. The molecule has 0 unspecified atom stereocenters. The second kappa shape index (κ2) is 10.9. The fraction of sp³-hybridized carbons (Fsp3) is 0.208. The maximum absolute atomic E-state index is 2.71. The normalized spacial score (nSPS) is 24.2. The van der Waals surface area contributed by atoms with Crippen LogP contribution >= 0.6 is 0 Å². The first kappa shape index (κ1) is 31.1. The van der Waals surface area contributed by atoms with Crippen LogP contribution in [0.25, 0.3) is 27.5 Å². The molecule has 15 rings (SSSR count). The number of hydrogen-bond donors (Lipinski definition) is 0. The molecule has 0 N–H and O–H groups in total. The summed E-state index contributed by atoms with van der Waals surface area (Å²) in [7, 11) is 0. The van der Waals surface area contributed by atoms with Gasteiger partial charge >= 0.3 is 0 Å². The Morgan fingerprint density at radius 1 is 0.491 bits per heavy atom. The predicted molar refractivity (Wildman–Crippen MR) is 237 cm³/mol. The second-order valence-electron chi connectivity index (χ2n) is 18.1. The maximum atomic E-state index is 2.71. The van der Waals surface area contributed by atoms with Crippen LogP contribution in [0.15, 0.2) is 152 Å². The van der Waals surface area contributed by atoms with Gasteiger partial charge in [-0.15, -0.1) is 0 Å². The molecule has 3 nitrogen and oxygen atoms in total. The third-order valence-electron chi connectivity index (χ3n) is 15.7. The van der Waals surface area contributed by atoms with Crippen molar-refractivity contribution in [3.8, 4) is 5.69 Å². The first-order chi connectivity index (χ1) is 28.2. The summed E-state index contributed by atoms with van der Waals surface area (Å²) in [6.07, 6.45) is 7.00. The van der Waals surface area contributed by atoms with Crippen molar-refractivity contribution in [1.29, 1.82) is 0 Å². The van der Waals surface area contributed by atoms with E-state index >= 15 is 0 Å². The largest absolute Gasteiger partial charge is 0.311 e. The molecule has 1 aromatic heterocycles. The van der Waals surface area contributed by atoms with Crippen LogP contribution in [-0.4, -0.2) is 11.3 Å². The number of rotatable bonds is 2. The minimum absolute atomic E-state index is 0.0754. The number of benzene rings is 7. The Bertz CT molecular complexity index is 2960. The fourth-order valence-corrected chi connectivity index (χ4v) is 13.9. The van der Waals surface area contributed by atoms with E-state index in [1.54, 1.807) is 11.1 Å². The molecule has 7 aliphatic rings. The van der Waals surface area contributed by atoms with Crippen molar-refractivity contribution < 1.29 is 0 Å². The summed E-state index contributed by atoms with van der Waals surface area (Å²) in [5, 5.41) is 2.58. The van der Waals surface area contributed by atoms with E-state index in [4.69, 9.17) is 0 Å². The van der Waals surface area contributed by atoms with E-state index in [1.807, 2.05) is 0 Å². The quantitative estimate of drug-likeness (QED) is 0.164. The van der Waals surface area contributed by atoms with Gasteiger partial charge in [0.05, 0.1) is 16.7 Å². The van der Waals surface area contributed by atoms with Gasteiger partial charge in [0.25, 0.3) is 6.71 Å². The Balaban J connectivity index is 1.07. The average molecular weight is 732 g/mol. The Hall–Kier alpha value is -6.00. The highest BCUT2D eigenvalue weighted by Crippen LogP contribution is 2.69. The third-order valence-corrected chi connectivity index (χ3v) is 15.7. The van der Waals surface area contributed by atoms with Crippen molar-refractivity contribution in [3.63, 3.8) is 0 Å². The van der Waals surface area contributed by atoms with E-state index in [2.05, 4.69) is 173 Å². The first-order valence-corrected chi connectivity index (χ1v) is 21.3. The highest BCUT2D eigenvalue weighted by Gasteiger charge is 2.62. The number of para-hydroxylation sites is 5. The monoisotopic (exact) mass is 731 g/mol. The molecule has 7 aromatic carbocycles. The van der Waals surface area contributed by atoms with Crippen LogP contribution in [-0.2, 0) is 5.41 Å². The van der Waals surface area contributed by atoms with Gasteiger partial charge in [-0.05, 0) is 144 Å². The van der Waals surface area contributed by atoms with E-state index in [-0.39, 0.29) is 12.1 Å². The van der Waals surface area contributed by atoms with E-state index in [0.717, 1.165) is 11.8 Å². The summed E-state index contributed by atoms with van der Waals surface area (Å²) in [6.45, 7) is 2.38. The lowest BCUT2D eigenvalue weighted by Gasteiger charge is -2.64. The Kier molecular flexibility index (Phi) is 5.95. The topological polar surface area (TPSA) is 11.4 Å². The summed E-state index contributed by atoms with van der Waals surface area (Å²) in [5.41, 5.74) is 20.5. The third kappa shape index (κ3) is 3.76. The van der Waals surface area contributed by atoms with Gasteiger partial charge < -0.3 is 14.4 Å². The predicted octanol–water partition coefficient (Wildman–Crippen LogP) is 11.2.